The molecule has 3 rings (SSSR count). The maximum atomic E-state index is 12.9. The van der Waals surface area contributed by atoms with Crippen molar-refractivity contribution in [2.24, 2.45) is 5.73 Å². The summed E-state index contributed by atoms with van der Waals surface area (Å²) in [4.78, 5) is 26.3. The number of anilines is 3. The first kappa shape index (κ1) is 17.9. The number of nitrogens with one attached hydrogen (secondary N) is 1. The molecule has 26 heavy (non-hydrogen) atoms. The van der Waals surface area contributed by atoms with Crippen LogP contribution in [0.3, 0.4) is 0 Å². The molecule has 1 aliphatic rings. The van der Waals surface area contributed by atoms with Gasteiger partial charge in [-0.1, -0.05) is 24.3 Å². The van der Waals surface area contributed by atoms with Crippen molar-refractivity contribution in [1.82, 2.24) is 0 Å². The summed E-state index contributed by atoms with van der Waals surface area (Å²) in [5, 5.41) is 2.70. The van der Waals surface area contributed by atoms with E-state index in [2.05, 4.69) is 5.32 Å². The number of nitrogens with zero attached hydrogens (tertiary/aromatic N) is 1. The Balaban J connectivity index is 2.08. The lowest BCUT2D eigenvalue weighted by atomic mass is 10.0. The van der Waals surface area contributed by atoms with Crippen LogP contribution in [0.5, 0.6) is 0 Å². The number of carbonyl (C=O) groups excluding carboxylic acids is 2. The summed E-state index contributed by atoms with van der Waals surface area (Å²) in [6, 6.07) is 12.7. The van der Waals surface area contributed by atoms with E-state index in [1.807, 2.05) is 36.4 Å². The van der Waals surface area contributed by atoms with Gasteiger partial charge in [-0.05, 0) is 56.0 Å². The fourth-order valence-electron chi connectivity index (χ4n) is 3.13. The summed E-state index contributed by atoms with van der Waals surface area (Å²) >= 11 is 0. The quantitative estimate of drug-likeness (QED) is 0.886. The first-order valence-corrected chi connectivity index (χ1v) is 8.75. The Morgan fingerprint density at radius 1 is 1.15 bits per heavy atom. The van der Waals surface area contributed by atoms with Gasteiger partial charge in [0.25, 0.3) is 0 Å². The summed E-state index contributed by atoms with van der Waals surface area (Å²) < 4.78 is 4.93. The third-order valence-corrected chi connectivity index (χ3v) is 4.35. The third-order valence-electron chi connectivity index (χ3n) is 4.35. The molecule has 0 fully saturated rings. The van der Waals surface area contributed by atoms with Gasteiger partial charge in [-0.2, -0.15) is 0 Å². The third kappa shape index (κ3) is 3.55. The van der Waals surface area contributed by atoms with E-state index in [4.69, 9.17) is 10.5 Å². The molecule has 0 aromatic heterocycles. The SMILES string of the molecule is CCOC(=O)Nc1ccc2c(c1)N(C(=O)C(C)N)c1ccccc1CC2. The van der Waals surface area contributed by atoms with Crippen molar-refractivity contribution in [3.05, 3.63) is 53.6 Å². The molecule has 2 amide bonds. The van der Waals surface area contributed by atoms with Crippen LogP contribution >= 0.6 is 0 Å². The van der Waals surface area contributed by atoms with Crippen molar-refractivity contribution in [2.75, 3.05) is 16.8 Å². The van der Waals surface area contributed by atoms with Crippen LogP contribution in [0, 0.1) is 0 Å². The second-order valence-electron chi connectivity index (χ2n) is 6.28. The average molecular weight is 353 g/mol. The Morgan fingerprint density at radius 2 is 1.85 bits per heavy atom. The van der Waals surface area contributed by atoms with Gasteiger partial charge in [-0.15, -0.1) is 0 Å². The van der Waals surface area contributed by atoms with Crippen LogP contribution in [0.1, 0.15) is 25.0 Å². The fraction of sp³-hybridized carbons (Fsp3) is 0.300. The summed E-state index contributed by atoms with van der Waals surface area (Å²) in [5.74, 6) is -0.186. The topological polar surface area (TPSA) is 84.7 Å². The molecule has 136 valence electrons. The van der Waals surface area contributed by atoms with Gasteiger partial charge < -0.3 is 10.5 Å². The van der Waals surface area contributed by atoms with E-state index >= 15 is 0 Å². The van der Waals surface area contributed by atoms with Crippen molar-refractivity contribution in [3.8, 4) is 0 Å². The lowest BCUT2D eigenvalue weighted by molar-refractivity contribution is -0.118. The van der Waals surface area contributed by atoms with Gasteiger partial charge in [0.15, 0.2) is 0 Å². The van der Waals surface area contributed by atoms with Crippen molar-refractivity contribution >= 4 is 29.1 Å². The van der Waals surface area contributed by atoms with E-state index in [-0.39, 0.29) is 5.91 Å². The molecule has 0 aliphatic carbocycles. The predicted molar refractivity (Wildman–Crippen MR) is 102 cm³/mol. The smallest absolute Gasteiger partial charge is 0.411 e. The molecule has 1 atom stereocenters. The summed E-state index contributed by atoms with van der Waals surface area (Å²) in [6.07, 6.45) is 1.11. The Labute approximate surface area is 152 Å². The van der Waals surface area contributed by atoms with Crippen molar-refractivity contribution < 1.29 is 14.3 Å². The highest BCUT2D eigenvalue weighted by atomic mass is 16.5. The summed E-state index contributed by atoms with van der Waals surface area (Å²) in [5.41, 5.74) is 10.2. The minimum Gasteiger partial charge on any atom is -0.450 e. The first-order chi connectivity index (χ1) is 12.5. The zero-order valence-corrected chi connectivity index (χ0v) is 15.0. The van der Waals surface area contributed by atoms with Gasteiger partial charge >= 0.3 is 6.09 Å². The molecule has 6 heteroatoms. The van der Waals surface area contributed by atoms with Gasteiger partial charge in [0.05, 0.1) is 24.0 Å². The monoisotopic (exact) mass is 353 g/mol. The largest absolute Gasteiger partial charge is 0.450 e. The second kappa shape index (κ2) is 7.58. The first-order valence-electron chi connectivity index (χ1n) is 8.75. The van der Waals surface area contributed by atoms with Gasteiger partial charge in [0.1, 0.15) is 0 Å². The van der Waals surface area contributed by atoms with E-state index in [0.717, 1.165) is 35.3 Å². The Kier molecular flexibility index (Phi) is 5.23. The lowest BCUT2D eigenvalue weighted by Gasteiger charge is -2.27. The second-order valence-corrected chi connectivity index (χ2v) is 6.28. The average Bonchev–Trinajstić information content (AvgIpc) is 2.77. The normalized spacial score (nSPS) is 13.9. The minimum absolute atomic E-state index is 0.186. The van der Waals surface area contributed by atoms with Gasteiger partial charge in [-0.3, -0.25) is 15.0 Å². The van der Waals surface area contributed by atoms with E-state index in [1.165, 1.54) is 0 Å². The zero-order chi connectivity index (χ0) is 18.7. The number of rotatable bonds is 3. The lowest BCUT2D eigenvalue weighted by Crippen LogP contribution is -2.39. The van der Waals surface area contributed by atoms with Gasteiger partial charge in [0, 0.05) is 5.69 Å². The number of carbonyl (C=O) groups is 2. The molecule has 2 aromatic carbocycles. The summed E-state index contributed by atoms with van der Waals surface area (Å²) in [7, 11) is 0. The van der Waals surface area contributed by atoms with E-state index in [9.17, 15) is 9.59 Å². The van der Waals surface area contributed by atoms with E-state index in [1.54, 1.807) is 24.8 Å². The molecule has 1 heterocycles. The van der Waals surface area contributed by atoms with Crippen LogP contribution in [-0.4, -0.2) is 24.6 Å². The summed E-state index contributed by atoms with van der Waals surface area (Å²) in [6.45, 7) is 3.71. The number of hydrogen-bond acceptors (Lipinski definition) is 4. The van der Waals surface area contributed by atoms with E-state index < -0.39 is 12.1 Å². The predicted octanol–water partition coefficient (Wildman–Crippen LogP) is 3.37. The standard InChI is InChI=1S/C20H23N3O3/c1-3-26-20(25)22-16-11-10-15-9-8-14-6-4-5-7-17(14)23(18(15)12-16)19(24)13(2)21/h4-7,10-13H,3,8-9,21H2,1-2H3,(H,22,25). The highest BCUT2D eigenvalue weighted by Crippen LogP contribution is 2.37. The van der Waals surface area contributed by atoms with Crippen molar-refractivity contribution in [1.29, 1.82) is 0 Å². The van der Waals surface area contributed by atoms with Crippen LogP contribution in [0.2, 0.25) is 0 Å². The van der Waals surface area contributed by atoms with Gasteiger partial charge in [0.2, 0.25) is 5.91 Å². The Morgan fingerprint density at radius 3 is 2.54 bits per heavy atom. The molecule has 0 radical (unpaired) electrons. The number of nitrogens with two attached hydrogens (primary N) is 1. The number of aryl methyl sites for hydroxylation is 2. The zero-order valence-electron chi connectivity index (χ0n) is 15.0. The van der Waals surface area contributed by atoms with Crippen LogP contribution in [0.15, 0.2) is 42.5 Å². The maximum absolute atomic E-state index is 12.9. The minimum atomic E-state index is -0.643. The van der Waals surface area contributed by atoms with Crippen LogP contribution in [0.4, 0.5) is 21.9 Å². The fourth-order valence-corrected chi connectivity index (χ4v) is 3.13. The number of amides is 2. The number of ether oxygens (including phenoxy) is 1. The van der Waals surface area contributed by atoms with Crippen LogP contribution in [0.25, 0.3) is 0 Å². The molecule has 1 unspecified atom stereocenters. The van der Waals surface area contributed by atoms with Crippen LogP contribution < -0.4 is 16.0 Å². The van der Waals surface area contributed by atoms with Crippen LogP contribution in [-0.2, 0) is 22.4 Å². The molecule has 0 spiro atoms. The Bertz CT molecular complexity index is 833. The van der Waals surface area contributed by atoms with Crippen molar-refractivity contribution in [3.63, 3.8) is 0 Å². The molecule has 1 aliphatic heterocycles. The molecular formula is C20H23N3O3. The highest BCUT2D eigenvalue weighted by molar-refractivity contribution is 6.05. The molecule has 0 saturated carbocycles. The molecule has 0 bridgehead atoms. The number of benzene rings is 2. The molecule has 3 N–H and O–H groups in total. The molecule has 0 saturated heterocycles. The molecule has 6 nitrogen and oxygen atoms in total. The maximum Gasteiger partial charge on any atom is 0.411 e. The number of hydrogen-bond donors (Lipinski definition) is 2. The number of fused-ring (bicyclic) bond motifs is 2. The number of para-hydroxylation sites is 1. The van der Waals surface area contributed by atoms with E-state index in [0.29, 0.717) is 12.3 Å². The van der Waals surface area contributed by atoms with Crippen molar-refractivity contribution in [2.45, 2.75) is 32.7 Å². The molecular weight excluding hydrogens is 330 g/mol. The van der Waals surface area contributed by atoms with Gasteiger partial charge in [-0.25, -0.2) is 4.79 Å². The Hall–Kier alpha value is -2.86. The highest BCUT2D eigenvalue weighted by Gasteiger charge is 2.28. The molecule has 2 aromatic rings.